The average Bonchev–Trinajstić information content (AvgIpc) is 3.46. The molecule has 1 aliphatic carbocycles. The molecule has 0 amide bonds. The van der Waals surface area contributed by atoms with E-state index >= 15 is 0 Å². The van der Waals surface area contributed by atoms with E-state index in [0.29, 0.717) is 17.5 Å². The number of benzene rings is 7. The van der Waals surface area contributed by atoms with Crippen molar-refractivity contribution >= 4 is 10.8 Å². The number of aromatic nitrogens is 3. The Hall–Kier alpha value is -6.19. The van der Waals surface area contributed by atoms with Crippen LogP contribution in [0.1, 0.15) is 22.3 Å². The van der Waals surface area contributed by atoms with Gasteiger partial charge in [0, 0.05) is 16.7 Å². The van der Waals surface area contributed by atoms with Crippen molar-refractivity contribution in [1.82, 2.24) is 15.0 Å². The third kappa shape index (κ3) is 4.32. The predicted octanol–water partition coefficient (Wildman–Crippen LogP) is 10.4. The van der Waals surface area contributed by atoms with E-state index in [0.717, 1.165) is 27.5 Å². The first kappa shape index (κ1) is 27.1. The monoisotopic (exact) mass is 599 g/mol. The summed E-state index contributed by atoms with van der Waals surface area (Å²) in [5, 5.41) is 2.27. The molecule has 3 nitrogen and oxygen atoms in total. The van der Waals surface area contributed by atoms with Gasteiger partial charge in [-0.15, -0.1) is 0 Å². The van der Waals surface area contributed by atoms with Crippen LogP contribution < -0.4 is 0 Å². The number of nitrogens with zero attached hydrogens (tertiary/aromatic N) is 3. The van der Waals surface area contributed by atoms with E-state index in [-0.39, 0.29) is 0 Å². The zero-order valence-electron chi connectivity index (χ0n) is 25.6. The standard InChI is InChI=1S/C44H29N3/c1-4-16-31(17-5-1)41-45-42(47-43(46-41)37-25-14-18-30-15-10-11-23-35(30)37)32-27-28-40-38(29-32)36-24-12-13-26-39(36)44(40,33-19-6-2-7-20-33)34-21-8-3-9-22-34/h1-29H. The topological polar surface area (TPSA) is 38.7 Å². The fraction of sp³-hybridized carbons (Fsp3) is 0.0227. The minimum atomic E-state index is -0.449. The van der Waals surface area contributed by atoms with Crippen LogP contribution in [-0.4, -0.2) is 15.0 Å². The van der Waals surface area contributed by atoms with Crippen LogP contribution >= 0.6 is 0 Å². The average molecular weight is 600 g/mol. The molecule has 47 heavy (non-hydrogen) atoms. The molecule has 0 unspecified atom stereocenters. The molecule has 0 bridgehead atoms. The Kier molecular flexibility index (Phi) is 6.36. The Morgan fingerprint density at radius 3 is 1.62 bits per heavy atom. The maximum Gasteiger partial charge on any atom is 0.164 e. The van der Waals surface area contributed by atoms with Crippen LogP contribution in [0.3, 0.4) is 0 Å². The van der Waals surface area contributed by atoms with Crippen LogP contribution in [0.2, 0.25) is 0 Å². The van der Waals surface area contributed by atoms with Gasteiger partial charge in [-0.1, -0.05) is 170 Å². The summed E-state index contributed by atoms with van der Waals surface area (Å²) in [7, 11) is 0. The Bertz CT molecular complexity index is 2360. The molecule has 1 aromatic heterocycles. The van der Waals surface area contributed by atoms with Gasteiger partial charge in [0.2, 0.25) is 0 Å². The maximum atomic E-state index is 5.16. The van der Waals surface area contributed by atoms with Crippen LogP contribution in [-0.2, 0) is 5.41 Å². The summed E-state index contributed by atoms with van der Waals surface area (Å²) in [6, 6.07) is 62.2. The highest BCUT2D eigenvalue weighted by atomic mass is 15.0. The van der Waals surface area contributed by atoms with Crippen molar-refractivity contribution < 1.29 is 0 Å². The van der Waals surface area contributed by atoms with E-state index in [9.17, 15) is 0 Å². The minimum Gasteiger partial charge on any atom is -0.208 e. The molecule has 0 fully saturated rings. The number of rotatable bonds is 5. The molecule has 1 aliphatic rings. The van der Waals surface area contributed by atoms with E-state index in [1.165, 1.54) is 33.4 Å². The van der Waals surface area contributed by atoms with E-state index in [4.69, 9.17) is 15.0 Å². The lowest BCUT2D eigenvalue weighted by atomic mass is 9.67. The van der Waals surface area contributed by atoms with Crippen molar-refractivity contribution in [3.8, 4) is 45.3 Å². The molecule has 7 aromatic carbocycles. The quantitative estimate of drug-likeness (QED) is 0.198. The van der Waals surface area contributed by atoms with Crippen molar-refractivity contribution in [3.05, 3.63) is 198 Å². The molecule has 0 radical (unpaired) electrons. The molecule has 0 saturated heterocycles. The second-order valence-corrected chi connectivity index (χ2v) is 12.0. The first-order valence-corrected chi connectivity index (χ1v) is 16.0. The molecule has 0 atom stereocenters. The Morgan fingerprint density at radius 2 is 0.872 bits per heavy atom. The van der Waals surface area contributed by atoms with Crippen LogP contribution in [0.5, 0.6) is 0 Å². The Balaban J connectivity index is 1.29. The molecule has 220 valence electrons. The van der Waals surface area contributed by atoms with Crippen molar-refractivity contribution in [2.24, 2.45) is 0 Å². The highest BCUT2D eigenvalue weighted by Crippen LogP contribution is 2.56. The highest BCUT2D eigenvalue weighted by Gasteiger charge is 2.46. The summed E-state index contributed by atoms with van der Waals surface area (Å²) in [5.41, 5.74) is 9.89. The summed E-state index contributed by atoms with van der Waals surface area (Å²) >= 11 is 0. The molecule has 9 rings (SSSR count). The minimum absolute atomic E-state index is 0.449. The molecule has 0 aliphatic heterocycles. The zero-order chi connectivity index (χ0) is 31.2. The van der Waals surface area contributed by atoms with Gasteiger partial charge in [-0.3, -0.25) is 0 Å². The third-order valence-electron chi connectivity index (χ3n) is 9.41. The summed E-state index contributed by atoms with van der Waals surface area (Å²) in [6.07, 6.45) is 0. The van der Waals surface area contributed by atoms with Crippen molar-refractivity contribution in [2.45, 2.75) is 5.41 Å². The molecule has 0 N–H and O–H groups in total. The van der Waals surface area contributed by atoms with Crippen molar-refractivity contribution in [1.29, 1.82) is 0 Å². The Labute approximate surface area is 273 Å². The van der Waals surface area contributed by atoms with Crippen LogP contribution in [0.15, 0.2) is 176 Å². The number of hydrogen-bond donors (Lipinski definition) is 0. The highest BCUT2D eigenvalue weighted by molar-refractivity contribution is 5.95. The molecule has 0 saturated carbocycles. The van der Waals surface area contributed by atoms with Gasteiger partial charge in [0.05, 0.1) is 5.41 Å². The lowest BCUT2D eigenvalue weighted by molar-refractivity contribution is 0.768. The van der Waals surface area contributed by atoms with Crippen LogP contribution in [0.25, 0.3) is 56.1 Å². The molecular formula is C44H29N3. The molecule has 3 heteroatoms. The van der Waals surface area contributed by atoms with Gasteiger partial charge in [0.1, 0.15) is 0 Å². The zero-order valence-corrected chi connectivity index (χ0v) is 25.6. The third-order valence-corrected chi connectivity index (χ3v) is 9.41. The first-order valence-electron chi connectivity index (χ1n) is 16.0. The van der Waals surface area contributed by atoms with Gasteiger partial charge in [-0.25, -0.2) is 15.0 Å². The van der Waals surface area contributed by atoms with Crippen molar-refractivity contribution in [2.75, 3.05) is 0 Å². The second kappa shape index (κ2) is 11.0. The molecular weight excluding hydrogens is 571 g/mol. The molecule has 8 aromatic rings. The predicted molar refractivity (Wildman–Crippen MR) is 191 cm³/mol. The van der Waals surface area contributed by atoms with Crippen LogP contribution in [0.4, 0.5) is 0 Å². The maximum absolute atomic E-state index is 5.16. The van der Waals surface area contributed by atoms with Gasteiger partial charge < -0.3 is 0 Å². The van der Waals surface area contributed by atoms with E-state index in [1.807, 2.05) is 18.2 Å². The Morgan fingerprint density at radius 1 is 0.340 bits per heavy atom. The normalized spacial score (nSPS) is 12.9. The summed E-state index contributed by atoms with van der Waals surface area (Å²) in [4.78, 5) is 15.3. The van der Waals surface area contributed by atoms with Crippen molar-refractivity contribution in [3.63, 3.8) is 0 Å². The van der Waals surface area contributed by atoms with Gasteiger partial charge >= 0.3 is 0 Å². The van der Waals surface area contributed by atoms with Gasteiger partial charge in [-0.2, -0.15) is 0 Å². The fourth-order valence-electron chi connectivity index (χ4n) is 7.35. The largest absolute Gasteiger partial charge is 0.208 e. The lowest BCUT2D eigenvalue weighted by Gasteiger charge is -2.33. The van der Waals surface area contributed by atoms with Crippen LogP contribution in [0, 0.1) is 0 Å². The smallest absolute Gasteiger partial charge is 0.164 e. The number of fused-ring (bicyclic) bond motifs is 4. The second-order valence-electron chi connectivity index (χ2n) is 12.0. The SMILES string of the molecule is c1ccc(-c2nc(-c3ccc4c(c3)-c3ccccc3C4(c3ccccc3)c3ccccc3)nc(-c3cccc4ccccc34)n2)cc1. The van der Waals surface area contributed by atoms with E-state index < -0.39 is 5.41 Å². The summed E-state index contributed by atoms with van der Waals surface area (Å²) in [5.74, 6) is 1.97. The lowest BCUT2D eigenvalue weighted by Crippen LogP contribution is -2.28. The fourth-order valence-corrected chi connectivity index (χ4v) is 7.35. The van der Waals surface area contributed by atoms with E-state index in [1.54, 1.807) is 0 Å². The summed E-state index contributed by atoms with van der Waals surface area (Å²) in [6.45, 7) is 0. The van der Waals surface area contributed by atoms with Gasteiger partial charge in [0.15, 0.2) is 17.5 Å². The summed E-state index contributed by atoms with van der Waals surface area (Å²) < 4.78 is 0. The molecule has 0 spiro atoms. The van der Waals surface area contributed by atoms with E-state index in [2.05, 4.69) is 158 Å². The first-order chi connectivity index (χ1) is 23.3. The van der Waals surface area contributed by atoms with Gasteiger partial charge in [-0.05, 0) is 50.2 Å². The molecule has 1 heterocycles. The number of hydrogen-bond acceptors (Lipinski definition) is 3. The van der Waals surface area contributed by atoms with Gasteiger partial charge in [0.25, 0.3) is 0 Å².